The smallest absolute Gasteiger partial charge is 0.258 e. The number of likely N-dealkylation sites (tertiary alicyclic amines) is 1. The Balaban J connectivity index is 1.46. The maximum atomic E-state index is 12.1. The average Bonchev–Trinajstić information content (AvgIpc) is 3.10. The summed E-state index contributed by atoms with van der Waals surface area (Å²) in [6, 6.07) is 5.00. The molecule has 7 heteroatoms. The highest BCUT2D eigenvalue weighted by molar-refractivity contribution is 5.82. The number of carbonyl (C=O) groups is 2. The molecular formula is C18H24N2O5. The number of nitrogens with zero attached hydrogens (tertiary/aromatic N) is 1. The molecule has 1 atom stereocenters. The Bertz CT molecular complexity index is 668. The van der Waals surface area contributed by atoms with Gasteiger partial charge in [-0.05, 0) is 17.5 Å². The lowest BCUT2D eigenvalue weighted by molar-refractivity contribution is -0.128. The van der Waals surface area contributed by atoms with Crippen LogP contribution in [0.3, 0.4) is 0 Å². The SMILES string of the molecule is CC(C)(C)CN1C[C@@H](NC(=O)COc2ccc3c(c2)OCO3)CC1=O. The van der Waals surface area contributed by atoms with Crippen molar-refractivity contribution in [1.82, 2.24) is 10.2 Å². The van der Waals surface area contributed by atoms with Crippen LogP contribution in [0.25, 0.3) is 0 Å². The van der Waals surface area contributed by atoms with Crippen LogP contribution in [0.5, 0.6) is 17.2 Å². The molecule has 2 amide bonds. The maximum absolute atomic E-state index is 12.1. The Kier molecular flexibility index (Phi) is 4.74. The molecule has 2 aliphatic heterocycles. The lowest BCUT2D eigenvalue weighted by Gasteiger charge is -2.26. The van der Waals surface area contributed by atoms with Gasteiger partial charge in [0.05, 0.1) is 6.04 Å². The third kappa shape index (κ3) is 4.55. The van der Waals surface area contributed by atoms with Crippen molar-refractivity contribution in [2.24, 2.45) is 5.41 Å². The molecule has 0 bridgehead atoms. The van der Waals surface area contributed by atoms with Crippen molar-refractivity contribution in [3.63, 3.8) is 0 Å². The first-order chi connectivity index (χ1) is 11.8. The molecular weight excluding hydrogens is 324 g/mol. The van der Waals surface area contributed by atoms with Gasteiger partial charge in [-0.2, -0.15) is 0 Å². The molecule has 0 spiro atoms. The third-order valence-corrected chi connectivity index (χ3v) is 3.96. The summed E-state index contributed by atoms with van der Waals surface area (Å²) in [5, 5.41) is 2.87. The number of amides is 2. The first-order valence-electron chi connectivity index (χ1n) is 8.40. The van der Waals surface area contributed by atoms with Crippen LogP contribution in [0.1, 0.15) is 27.2 Å². The van der Waals surface area contributed by atoms with E-state index in [1.807, 2.05) is 4.90 Å². The van der Waals surface area contributed by atoms with Crippen LogP contribution in [0.15, 0.2) is 18.2 Å². The molecule has 7 nitrogen and oxygen atoms in total. The van der Waals surface area contributed by atoms with Crippen LogP contribution in [0.4, 0.5) is 0 Å². The Labute approximate surface area is 147 Å². The highest BCUT2D eigenvalue weighted by Crippen LogP contribution is 2.35. The number of ether oxygens (including phenoxy) is 3. The summed E-state index contributed by atoms with van der Waals surface area (Å²) in [6.45, 7) is 7.59. The molecule has 1 aromatic carbocycles. The fourth-order valence-electron chi connectivity index (χ4n) is 2.98. The average molecular weight is 348 g/mol. The van der Waals surface area contributed by atoms with Gasteiger partial charge in [0.2, 0.25) is 12.7 Å². The number of fused-ring (bicyclic) bond motifs is 1. The van der Waals surface area contributed by atoms with Gasteiger partial charge in [0.25, 0.3) is 5.91 Å². The number of nitrogens with one attached hydrogen (secondary N) is 1. The van der Waals surface area contributed by atoms with Crippen molar-refractivity contribution >= 4 is 11.8 Å². The van der Waals surface area contributed by atoms with Gasteiger partial charge in [0.1, 0.15) is 5.75 Å². The number of carbonyl (C=O) groups excluding carboxylic acids is 2. The second-order valence-electron chi connectivity index (χ2n) is 7.61. The molecule has 1 aromatic rings. The van der Waals surface area contributed by atoms with E-state index in [0.717, 1.165) is 0 Å². The molecule has 1 fully saturated rings. The van der Waals surface area contributed by atoms with Crippen molar-refractivity contribution in [3.8, 4) is 17.2 Å². The molecule has 3 rings (SSSR count). The van der Waals surface area contributed by atoms with Crippen molar-refractivity contribution in [2.45, 2.75) is 33.2 Å². The molecule has 2 aliphatic rings. The Morgan fingerprint density at radius 1 is 1.32 bits per heavy atom. The van der Waals surface area contributed by atoms with Crippen molar-refractivity contribution in [2.75, 3.05) is 26.5 Å². The van der Waals surface area contributed by atoms with E-state index in [4.69, 9.17) is 14.2 Å². The Morgan fingerprint density at radius 3 is 2.84 bits per heavy atom. The normalized spacial score (nSPS) is 19.2. The summed E-state index contributed by atoms with van der Waals surface area (Å²) in [6.07, 6.45) is 0.339. The standard InChI is InChI=1S/C18H24N2O5/c1-18(2,3)10-20-8-12(6-17(20)22)19-16(21)9-23-13-4-5-14-15(7-13)25-11-24-14/h4-5,7,12H,6,8-11H2,1-3H3,(H,19,21)/t12-/m0/s1. The topological polar surface area (TPSA) is 77.1 Å². The molecule has 1 saturated heterocycles. The molecule has 0 unspecified atom stereocenters. The van der Waals surface area contributed by atoms with Gasteiger partial charge in [-0.25, -0.2) is 0 Å². The van der Waals surface area contributed by atoms with E-state index < -0.39 is 0 Å². The lowest BCUT2D eigenvalue weighted by Crippen LogP contribution is -2.40. The first kappa shape index (κ1) is 17.4. The minimum atomic E-state index is -0.243. The fourth-order valence-corrected chi connectivity index (χ4v) is 2.98. The molecule has 25 heavy (non-hydrogen) atoms. The van der Waals surface area contributed by atoms with E-state index in [1.165, 1.54) is 0 Å². The molecule has 0 radical (unpaired) electrons. The minimum Gasteiger partial charge on any atom is -0.484 e. The van der Waals surface area contributed by atoms with Gasteiger partial charge >= 0.3 is 0 Å². The number of rotatable bonds is 5. The van der Waals surface area contributed by atoms with E-state index in [9.17, 15) is 9.59 Å². The summed E-state index contributed by atoms with van der Waals surface area (Å²) in [7, 11) is 0. The highest BCUT2D eigenvalue weighted by Gasteiger charge is 2.32. The summed E-state index contributed by atoms with van der Waals surface area (Å²) < 4.78 is 16.0. The van der Waals surface area contributed by atoms with Crippen molar-refractivity contribution in [1.29, 1.82) is 0 Å². The van der Waals surface area contributed by atoms with E-state index in [0.29, 0.717) is 36.8 Å². The van der Waals surface area contributed by atoms with E-state index >= 15 is 0 Å². The molecule has 0 aromatic heterocycles. The highest BCUT2D eigenvalue weighted by atomic mass is 16.7. The van der Waals surface area contributed by atoms with Crippen LogP contribution in [0.2, 0.25) is 0 Å². The molecule has 0 aliphatic carbocycles. The second kappa shape index (κ2) is 6.82. The molecule has 136 valence electrons. The van der Waals surface area contributed by atoms with Crippen LogP contribution < -0.4 is 19.5 Å². The van der Waals surface area contributed by atoms with Crippen molar-refractivity contribution < 1.29 is 23.8 Å². The van der Waals surface area contributed by atoms with Crippen LogP contribution in [-0.2, 0) is 9.59 Å². The number of benzene rings is 1. The number of hydrogen-bond acceptors (Lipinski definition) is 5. The van der Waals surface area contributed by atoms with Gasteiger partial charge in [-0.1, -0.05) is 20.8 Å². The largest absolute Gasteiger partial charge is 0.484 e. The lowest BCUT2D eigenvalue weighted by atomic mass is 9.96. The molecule has 1 N–H and O–H groups in total. The zero-order valence-electron chi connectivity index (χ0n) is 14.8. The summed E-state index contributed by atoms with van der Waals surface area (Å²) in [5.74, 6) is 1.65. The van der Waals surface area contributed by atoms with Gasteiger partial charge in [-0.3, -0.25) is 9.59 Å². The predicted molar refractivity (Wildman–Crippen MR) is 90.6 cm³/mol. The summed E-state index contributed by atoms with van der Waals surface area (Å²) in [4.78, 5) is 25.9. The van der Waals surface area contributed by atoms with Gasteiger partial charge in [0.15, 0.2) is 18.1 Å². The fraction of sp³-hybridized carbons (Fsp3) is 0.556. The number of hydrogen-bond donors (Lipinski definition) is 1. The monoisotopic (exact) mass is 348 g/mol. The van der Waals surface area contributed by atoms with E-state index in [2.05, 4.69) is 26.1 Å². The van der Waals surface area contributed by atoms with Crippen LogP contribution in [-0.4, -0.2) is 49.2 Å². The van der Waals surface area contributed by atoms with E-state index in [1.54, 1.807) is 18.2 Å². The summed E-state index contributed by atoms with van der Waals surface area (Å²) >= 11 is 0. The first-order valence-corrected chi connectivity index (χ1v) is 8.40. The molecule has 2 heterocycles. The molecule has 0 saturated carbocycles. The third-order valence-electron chi connectivity index (χ3n) is 3.96. The zero-order chi connectivity index (χ0) is 18.0. The van der Waals surface area contributed by atoms with Gasteiger partial charge in [0, 0.05) is 25.6 Å². The Hall–Kier alpha value is -2.44. The van der Waals surface area contributed by atoms with Crippen LogP contribution >= 0.6 is 0 Å². The Morgan fingerprint density at radius 2 is 2.08 bits per heavy atom. The maximum Gasteiger partial charge on any atom is 0.258 e. The van der Waals surface area contributed by atoms with E-state index in [-0.39, 0.29) is 36.7 Å². The predicted octanol–water partition coefficient (Wildman–Crippen LogP) is 1.56. The van der Waals surface area contributed by atoms with Gasteiger partial charge < -0.3 is 24.4 Å². The zero-order valence-corrected chi connectivity index (χ0v) is 14.8. The van der Waals surface area contributed by atoms with Crippen molar-refractivity contribution in [3.05, 3.63) is 18.2 Å². The minimum absolute atomic E-state index is 0.0387. The van der Waals surface area contributed by atoms with Gasteiger partial charge in [-0.15, -0.1) is 0 Å². The van der Waals surface area contributed by atoms with Crippen LogP contribution in [0, 0.1) is 5.41 Å². The summed E-state index contributed by atoms with van der Waals surface area (Å²) in [5.41, 5.74) is 0.0387. The quantitative estimate of drug-likeness (QED) is 0.874. The second-order valence-corrected chi connectivity index (χ2v) is 7.61.